The van der Waals surface area contributed by atoms with Gasteiger partial charge in [0.15, 0.2) is 5.65 Å². The molecule has 3 heterocycles. The number of rotatable bonds is 2. The van der Waals surface area contributed by atoms with Crippen LogP contribution in [0.1, 0.15) is 21.5 Å². The zero-order valence-electron chi connectivity index (χ0n) is 12.7. The van der Waals surface area contributed by atoms with Gasteiger partial charge in [-0.1, -0.05) is 6.07 Å². The lowest BCUT2D eigenvalue weighted by atomic mass is 10.1. The summed E-state index contributed by atoms with van der Waals surface area (Å²) in [4.78, 5) is 18.7. The van der Waals surface area contributed by atoms with Crippen LogP contribution in [0.25, 0.3) is 27.8 Å². The number of benzene rings is 1. The second-order valence-corrected chi connectivity index (χ2v) is 5.63. The molecule has 1 aromatic carbocycles. The lowest BCUT2D eigenvalue weighted by Gasteiger charge is -2.04. The van der Waals surface area contributed by atoms with E-state index in [0.29, 0.717) is 0 Å². The highest BCUT2D eigenvalue weighted by Crippen LogP contribution is 2.31. The van der Waals surface area contributed by atoms with E-state index in [1.54, 1.807) is 16.6 Å². The molecule has 6 heteroatoms. The molecule has 0 amide bonds. The van der Waals surface area contributed by atoms with Crippen LogP contribution in [0, 0.1) is 13.8 Å². The van der Waals surface area contributed by atoms with Gasteiger partial charge in [-0.25, -0.2) is 14.3 Å². The maximum Gasteiger partial charge on any atom is 0.335 e. The number of aromatic carboxylic acids is 1. The molecule has 2 N–H and O–H groups in total. The number of carboxylic acids is 1. The number of nitrogens with one attached hydrogen (secondary N) is 1. The standard InChI is InChI=1S/C17H14N4O2/c1-9-5-12(7-21-16(9)18-8-19-21)15-10(2)13-4-3-11(17(22)23)6-14(13)20-15/h3-8,20H,1-2H3,(H,22,23). The predicted molar refractivity (Wildman–Crippen MR) is 86.7 cm³/mol. The Hall–Kier alpha value is -3.15. The maximum atomic E-state index is 11.1. The van der Waals surface area contributed by atoms with Crippen molar-refractivity contribution in [3.63, 3.8) is 0 Å². The molecule has 0 bridgehead atoms. The van der Waals surface area contributed by atoms with Crippen molar-refractivity contribution in [2.75, 3.05) is 0 Å². The molecule has 0 atom stereocenters. The Balaban J connectivity index is 1.96. The van der Waals surface area contributed by atoms with Crippen LogP contribution in [0.15, 0.2) is 36.8 Å². The summed E-state index contributed by atoms with van der Waals surface area (Å²) in [7, 11) is 0. The van der Waals surface area contributed by atoms with E-state index in [0.717, 1.165) is 38.9 Å². The number of fused-ring (bicyclic) bond motifs is 2. The van der Waals surface area contributed by atoms with Gasteiger partial charge in [-0.2, -0.15) is 5.10 Å². The Morgan fingerprint density at radius 2 is 2.09 bits per heavy atom. The van der Waals surface area contributed by atoms with Crippen molar-refractivity contribution in [2.24, 2.45) is 0 Å². The quantitative estimate of drug-likeness (QED) is 0.596. The molecule has 3 aromatic heterocycles. The van der Waals surface area contributed by atoms with E-state index in [1.807, 2.05) is 26.1 Å². The Morgan fingerprint density at radius 3 is 2.87 bits per heavy atom. The molecule has 0 saturated carbocycles. The number of H-pyrrole nitrogens is 1. The summed E-state index contributed by atoms with van der Waals surface area (Å²) in [6.07, 6.45) is 3.45. The second kappa shape index (κ2) is 4.67. The van der Waals surface area contributed by atoms with Crippen molar-refractivity contribution in [1.82, 2.24) is 19.6 Å². The van der Waals surface area contributed by atoms with Crippen LogP contribution in [0.2, 0.25) is 0 Å². The van der Waals surface area contributed by atoms with Crippen LogP contribution in [-0.4, -0.2) is 30.7 Å². The van der Waals surface area contributed by atoms with Crippen molar-refractivity contribution in [3.05, 3.63) is 53.5 Å². The van der Waals surface area contributed by atoms with Gasteiger partial charge in [0.1, 0.15) is 6.33 Å². The predicted octanol–water partition coefficient (Wildman–Crippen LogP) is 3.19. The second-order valence-electron chi connectivity index (χ2n) is 5.63. The van der Waals surface area contributed by atoms with E-state index in [-0.39, 0.29) is 5.56 Å². The molecular weight excluding hydrogens is 292 g/mol. The van der Waals surface area contributed by atoms with Crippen molar-refractivity contribution >= 4 is 22.5 Å². The molecule has 0 fully saturated rings. The van der Waals surface area contributed by atoms with E-state index in [2.05, 4.69) is 21.1 Å². The number of hydrogen-bond donors (Lipinski definition) is 2. The zero-order chi connectivity index (χ0) is 16.1. The van der Waals surface area contributed by atoms with Gasteiger partial charge in [0.25, 0.3) is 0 Å². The van der Waals surface area contributed by atoms with Gasteiger partial charge >= 0.3 is 5.97 Å². The molecule has 0 saturated heterocycles. The fourth-order valence-electron chi connectivity index (χ4n) is 2.99. The van der Waals surface area contributed by atoms with Gasteiger partial charge in [-0.05, 0) is 43.2 Å². The minimum atomic E-state index is -0.930. The summed E-state index contributed by atoms with van der Waals surface area (Å²) < 4.78 is 1.75. The number of carbonyl (C=O) groups is 1. The van der Waals surface area contributed by atoms with E-state index in [9.17, 15) is 4.79 Å². The molecular formula is C17H14N4O2. The summed E-state index contributed by atoms with van der Waals surface area (Å²) in [5.74, 6) is -0.930. The highest BCUT2D eigenvalue weighted by atomic mass is 16.4. The van der Waals surface area contributed by atoms with Gasteiger partial charge in [-0.15, -0.1) is 0 Å². The van der Waals surface area contributed by atoms with Crippen LogP contribution in [0.5, 0.6) is 0 Å². The number of carboxylic acid groups (broad SMARTS) is 1. The number of pyridine rings is 1. The van der Waals surface area contributed by atoms with Crippen LogP contribution in [0.4, 0.5) is 0 Å². The molecule has 0 unspecified atom stereocenters. The summed E-state index contributed by atoms with van der Waals surface area (Å²) in [5, 5.41) is 14.4. The molecule has 0 aliphatic rings. The third-order valence-electron chi connectivity index (χ3n) is 4.15. The Bertz CT molecular complexity index is 1080. The first kappa shape index (κ1) is 13.5. The van der Waals surface area contributed by atoms with Gasteiger partial charge in [0.05, 0.1) is 11.3 Å². The van der Waals surface area contributed by atoms with Gasteiger partial charge in [0, 0.05) is 22.7 Å². The van der Waals surface area contributed by atoms with Crippen LogP contribution < -0.4 is 0 Å². The third kappa shape index (κ3) is 1.99. The normalized spacial score (nSPS) is 11.4. The SMILES string of the molecule is Cc1c(-c2cc(C)c3ncnn3c2)[nH]c2cc(C(=O)O)ccc12. The summed E-state index contributed by atoms with van der Waals surface area (Å²) in [6, 6.07) is 7.19. The first-order chi connectivity index (χ1) is 11.0. The molecule has 0 aliphatic carbocycles. The van der Waals surface area contributed by atoms with Crippen LogP contribution in [-0.2, 0) is 0 Å². The van der Waals surface area contributed by atoms with Crippen molar-refractivity contribution in [2.45, 2.75) is 13.8 Å². The van der Waals surface area contributed by atoms with Crippen molar-refractivity contribution < 1.29 is 9.90 Å². The summed E-state index contributed by atoms with van der Waals surface area (Å²) >= 11 is 0. The van der Waals surface area contributed by atoms with E-state index < -0.39 is 5.97 Å². The Kier molecular flexibility index (Phi) is 2.74. The number of aromatic nitrogens is 4. The van der Waals surface area contributed by atoms with Crippen LogP contribution in [0.3, 0.4) is 0 Å². The van der Waals surface area contributed by atoms with Crippen molar-refractivity contribution in [1.29, 1.82) is 0 Å². The Morgan fingerprint density at radius 1 is 1.26 bits per heavy atom. The zero-order valence-corrected chi connectivity index (χ0v) is 12.7. The third-order valence-corrected chi connectivity index (χ3v) is 4.15. The maximum absolute atomic E-state index is 11.1. The largest absolute Gasteiger partial charge is 0.478 e. The fraction of sp³-hybridized carbons (Fsp3) is 0.118. The molecule has 4 rings (SSSR count). The molecule has 0 aliphatic heterocycles. The Labute approximate surface area is 131 Å². The highest BCUT2D eigenvalue weighted by Gasteiger charge is 2.13. The minimum absolute atomic E-state index is 0.271. The fourth-order valence-corrected chi connectivity index (χ4v) is 2.99. The average Bonchev–Trinajstić information content (AvgIpc) is 3.12. The van der Waals surface area contributed by atoms with Gasteiger partial charge in [-0.3, -0.25) is 0 Å². The van der Waals surface area contributed by atoms with Crippen LogP contribution >= 0.6 is 0 Å². The summed E-state index contributed by atoms with van der Waals surface area (Å²) in [5.41, 5.74) is 5.98. The van der Waals surface area contributed by atoms with Crippen molar-refractivity contribution in [3.8, 4) is 11.3 Å². The number of nitrogens with zero attached hydrogens (tertiary/aromatic N) is 3. The lowest BCUT2D eigenvalue weighted by molar-refractivity contribution is 0.0697. The molecule has 4 aromatic rings. The lowest BCUT2D eigenvalue weighted by Crippen LogP contribution is -1.94. The van der Waals surface area contributed by atoms with Gasteiger partial charge < -0.3 is 10.1 Å². The number of aromatic amines is 1. The number of aryl methyl sites for hydroxylation is 2. The molecule has 114 valence electrons. The first-order valence-corrected chi connectivity index (χ1v) is 7.20. The topological polar surface area (TPSA) is 83.3 Å². The average molecular weight is 306 g/mol. The first-order valence-electron chi connectivity index (χ1n) is 7.20. The molecule has 0 spiro atoms. The van der Waals surface area contributed by atoms with Gasteiger partial charge in [0.2, 0.25) is 0 Å². The minimum Gasteiger partial charge on any atom is -0.478 e. The molecule has 6 nitrogen and oxygen atoms in total. The van der Waals surface area contributed by atoms with E-state index in [4.69, 9.17) is 5.11 Å². The number of hydrogen-bond acceptors (Lipinski definition) is 3. The highest BCUT2D eigenvalue weighted by molar-refractivity contribution is 5.97. The molecule has 0 radical (unpaired) electrons. The van der Waals surface area contributed by atoms with E-state index in [1.165, 1.54) is 6.33 Å². The molecule has 23 heavy (non-hydrogen) atoms. The summed E-state index contributed by atoms with van der Waals surface area (Å²) in [6.45, 7) is 4.02. The van der Waals surface area contributed by atoms with E-state index >= 15 is 0 Å². The monoisotopic (exact) mass is 306 g/mol. The smallest absolute Gasteiger partial charge is 0.335 e.